The third-order valence-corrected chi connectivity index (χ3v) is 6.38. The second-order valence-electron chi connectivity index (χ2n) is 8.31. The number of carbonyl (C=O) groups is 1. The standard InChI is InChI=1S/C24H26N2O3/c25-17-13-26-20-12-16(24(27)28)10-11-18(20)22(15-6-2-1-3-7-15)23(26)19-8-4-5-9-21(19)29-14-17/h4-5,8-12,15,17H,1-3,6-7,13-14,25H2,(H,27,28)/t17-/m1/s1. The van der Waals surface area contributed by atoms with Gasteiger partial charge in [0.2, 0.25) is 0 Å². The summed E-state index contributed by atoms with van der Waals surface area (Å²) in [5.41, 5.74) is 11.2. The zero-order chi connectivity index (χ0) is 20.0. The number of ether oxygens (including phenoxy) is 1. The third-order valence-electron chi connectivity index (χ3n) is 6.38. The fourth-order valence-electron chi connectivity index (χ4n) is 5.07. The Morgan fingerprint density at radius 1 is 1.10 bits per heavy atom. The maximum atomic E-state index is 11.7. The first kappa shape index (κ1) is 18.3. The maximum Gasteiger partial charge on any atom is 0.335 e. The van der Waals surface area contributed by atoms with Gasteiger partial charge >= 0.3 is 5.97 Å². The number of nitrogens with two attached hydrogens (primary N) is 1. The SMILES string of the molecule is N[C@H]1COc2ccccc2-c2c(C3CCCCC3)c3ccc(C(=O)O)cc3n2C1. The van der Waals surface area contributed by atoms with Crippen molar-refractivity contribution in [2.75, 3.05) is 6.61 Å². The van der Waals surface area contributed by atoms with Crippen LogP contribution in [0.3, 0.4) is 0 Å². The number of hydrogen-bond acceptors (Lipinski definition) is 3. The van der Waals surface area contributed by atoms with Crippen LogP contribution in [0.2, 0.25) is 0 Å². The third kappa shape index (κ3) is 3.10. The molecule has 3 aromatic rings. The van der Waals surface area contributed by atoms with Crippen molar-refractivity contribution >= 4 is 16.9 Å². The smallest absolute Gasteiger partial charge is 0.335 e. The van der Waals surface area contributed by atoms with E-state index >= 15 is 0 Å². The monoisotopic (exact) mass is 390 g/mol. The minimum absolute atomic E-state index is 0.162. The Balaban J connectivity index is 1.85. The van der Waals surface area contributed by atoms with Crippen LogP contribution in [0.4, 0.5) is 0 Å². The van der Waals surface area contributed by atoms with Gasteiger partial charge in [0.15, 0.2) is 0 Å². The summed E-state index contributed by atoms with van der Waals surface area (Å²) in [7, 11) is 0. The lowest BCUT2D eigenvalue weighted by Crippen LogP contribution is -2.34. The first-order valence-electron chi connectivity index (χ1n) is 10.5. The van der Waals surface area contributed by atoms with Crippen molar-refractivity contribution in [1.29, 1.82) is 0 Å². The number of rotatable bonds is 2. The topological polar surface area (TPSA) is 77.5 Å². The summed E-state index contributed by atoms with van der Waals surface area (Å²) < 4.78 is 8.31. The van der Waals surface area contributed by atoms with Gasteiger partial charge in [-0.15, -0.1) is 0 Å². The molecule has 0 radical (unpaired) electrons. The fraction of sp³-hybridized carbons (Fsp3) is 0.375. The van der Waals surface area contributed by atoms with Crippen molar-refractivity contribution < 1.29 is 14.6 Å². The van der Waals surface area contributed by atoms with Gasteiger partial charge in [0.1, 0.15) is 12.4 Å². The van der Waals surface area contributed by atoms with E-state index in [0.717, 1.165) is 27.9 Å². The van der Waals surface area contributed by atoms with Crippen molar-refractivity contribution in [3.05, 3.63) is 53.6 Å². The average Bonchev–Trinajstić information content (AvgIpc) is 3.04. The minimum Gasteiger partial charge on any atom is -0.491 e. The minimum atomic E-state index is -0.902. The van der Waals surface area contributed by atoms with Crippen LogP contribution in [0.1, 0.15) is 53.9 Å². The van der Waals surface area contributed by atoms with Gasteiger partial charge in [-0.25, -0.2) is 4.79 Å². The first-order valence-corrected chi connectivity index (χ1v) is 10.5. The van der Waals surface area contributed by atoms with Gasteiger partial charge in [-0.05, 0) is 48.6 Å². The molecule has 0 spiro atoms. The summed E-state index contributed by atoms with van der Waals surface area (Å²) in [6.07, 6.45) is 6.10. The average molecular weight is 390 g/mol. The van der Waals surface area contributed by atoms with Crippen LogP contribution in [-0.4, -0.2) is 28.3 Å². The van der Waals surface area contributed by atoms with E-state index in [9.17, 15) is 9.90 Å². The van der Waals surface area contributed by atoms with Crippen molar-refractivity contribution in [2.24, 2.45) is 5.73 Å². The molecule has 29 heavy (non-hydrogen) atoms. The molecule has 5 nitrogen and oxygen atoms in total. The number of benzene rings is 2. The largest absolute Gasteiger partial charge is 0.491 e. The normalized spacial score (nSPS) is 19.7. The molecule has 5 heteroatoms. The number of para-hydroxylation sites is 1. The molecule has 150 valence electrons. The maximum absolute atomic E-state index is 11.7. The van der Waals surface area contributed by atoms with Crippen molar-refractivity contribution in [1.82, 2.24) is 4.57 Å². The number of fused-ring (bicyclic) bond motifs is 5. The van der Waals surface area contributed by atoms with Crippen LogP contribution >= 0.6 is 0 Å². The lowest BCUT2D eigenvalue weighted by atomic mass is 9.81. The van der Waals surface area contributed by atoms with Crippen LogP contribution in [-0.2, 0) is 6.54 Å². The zero-order valence-corrected chi connectivity index (χ0v) is 16.4. The predicted octanol–water partition coefficient (Wildman–Crippen LogP) is 4.77. The van der Waals surface area contributed by atoms with Crippen LogP contribution in [0, 0.1) is 0 Å². The van der Waals surface area contributed by atoms with E-state index in [1.165, 1.54) is 37.7 Å². The summed E-state index contributed by atoms with van der Waals surface area (Å²) in [5.74, 6) is 0.421. The highest BCUT2D eigenvalue weighted by Gasteiger charge is 2.30. The van der Waals surface area contributed by atoms with Gasteiger partial charge in [0, 0.05) is 23.0 Å². The summed E-state index contributed by atoms with van der Waals surface area (Å²) in [6, 6.07) is 13.5. The summed E-state index contributed by atoms with van der Waals surface area (Å²) in [6.45, 7) is 1.05. The summed E-state index contributed by atoms with van der Waals surface area (Å²) in [5, 5.41) is 10.7. The molecule has 3 N–H and O–H groups in total. The van der Waals surface area contributed by atoms with Crippen molar-refractivity contribution in [3.8, 4) is 17.0 Å². The fourth-order valence-corrected chi connectivity index (χ4v) is 5.07. The number of aromatic nitrogens is 1. The Morgan fingerprint density at radius 3 is 2.69 bits per heavy atom. The Kier molecular flexibility index (Phi) is 4.55. The zero-order valence-electron chi connectivity index (χ0n) is 16.4. The van der Waals surface area contributed by atoms with E-state index in [-0.39, 0.29) is 6.04 Å². The summed E-state index contributed by atoms with van der Waals surface area (Å²) >= 11 is 0. The Morgan fingerprint density at radius 2 is 1.90 bits per heavy atom. The molecule has 2 aromatic carbocycles. The molecule has 0 saturated heterocycles. The van der Waals surface area contributed by atoms with Crippen LogP contribution in [0.25, 0.3) is 22.2 Å². The molecule has 1 atom stereocenters. The Labute approximate surface area is 170 Å². The number of hydrogen-bond donors (Lipinski definition) is 2. The van der Waals surface area contributed by atoms with Gasteiger partial charge in [0.05, 0.1) is 17.3 Å². The molecule has 1 aliphatic carbocycles. The molecule has 1 fully saturated rings. The van der Waals surface area contributed by atoms with Gasteiger partial charge in [-0.2, -0.15) is 0 Å². The first-order chi connectivity index (χ1) is 14.1. The molecular weight excluding hydrogens is 364 g/mol. The molecule has 1 saturated carbocycles. The van der Waals surface area contributed by atoms with Crippen molar-refractivity contribution in [3.63, 3.8) is 0 Å². The molecule has 0 unspecified atom stereocenters. The molecule has 2 aliphatic rings. The molecule has 1 aliphatic heterocycles. The van der Waals surface area contributed by atoms with E-state index in [2.05, 4.69) is 10.6 Å². The molecular formula is C24H26N2O3. The lowest BCUT2D eigenvalue weighted by molar-refractivity contribution is 0.0697. The van der Waals surface area contributed by atoms with E-state index in [1.54, 1.807) is 6.07 Å². The van der Waals surface area contributed by atoms with Crippen LogP contribution in [0.5, 0.6) is 5.75 Å². The van der Waals surface area contributed by atoms with Gasteiger partial charge in [-0.1, -0.05) is 37.5 Å². The highest BCUT2D eigenvalue weighted by Crippen LogP contribution is 2.46. The molecule has 2 heterocycles. The van der Waals surface area contributed by atoms with E-state index in [4.69, 9.17) is 10.5 Å². The quantitative estimate of drug-likeness (QED) is 0.660. The second-order valence-corrected chi connectivity index (χ2v) is 8.31. The number of carboxylic acids is 1. The Hall–Kier alpha value is -2.79. The highest BCUT2D eigenvalue weighted by molar-refractivity contribution is 5.98. The molecule has 0 amide bonds. The van der Waals surface area contributed by atoms with Gasteiger partial charge < -0.3 is 20.1 Å². The van der Waals surface area contributed by atoms with Gasteiger partial charge in [-0.3, -0.25) is 0 Å². The summed E-state index contributed by atoms with van der Waals surface area (Å²) in [4.78, 5) is 11.7. The Bertz CT molecular complexity index is 1080. The number of aromatic carboxylic acids is 1. The van der Waals surface area contributed by atoms with Gasteiger partial charge in [0.25, 0.3) is 0 Å². The highest BCUT2D eigenvalue weighted by atomic mass is 16.5. The van der Waals surface area contributed by atoms with Crippen LogP contribution < -0.4 is 10.5 Å². The molecule has 5 rings (SSSR count). The molecule has 0 bridgehead atoms. The second kappa shape index (κ2) is 7.23. The van der Waals surface area contributed by atoms with Crippen molar-refractivity contribution in [2.45, 2.75) is 50.6 Å². The van der Waals surface area contributed by atoms with E-state index < -0.39 is 5.97 Å². The predicted molar refractivity (Wildman–Crippen MR) is 114 cm³/mol. The van der Waals surface area contributed by atoms with Crippen LogP contribution in [0.15, 0.2) is 42.5 Å². The number of nitrogens with zero attached hydrogens (tertiary/aromatic N) is 1. The van der Waals surface area contributed by atoms with E-state index in [1.807, 2.05) is 30.3 Å². The molecule has 1 aromatic heterocycles. The lowest BCUT2D eigenvalue weighted by Gasteiger charge is -2.26. The number of carboxylic acid groups (broad SMARTS) is 1. The van der Waals surface area contributed by atoms with E-state index in [0.29, 0.717) is 24.6 Å².